The minimum absolute atomic E-state index is 0.220. The van der Waals surface area contributed by atoms with Crippen LogP contribution in [0.15, 0.2) is 12.2 Å². The van der Waals surface area contributed by atoms with Crippen LogP contribution in [-0.4, -0.2) is 16.5 Å². The molecule has 0 aliphatic heterocycles. The summed E-state index contributed by atoms with van der Waals surface area (Å²) < 4.78 is 3.69. The van der Waals surface area contributed by atoms with Crippen molar-refractivity contribution in [3.63, 3.8) is 0 Å². The standard InChI is InChI=1S/C16H29Br3O2Si/c1-2-13-16(20)21-14-11-9-7-5-3-4-6-8-10-12-15-22(17,18)19/h2,13H,3-12,14-15H2,1H3. The van der Waals surface area contributed by atoms with Gasteiger partial charge >= 0.3 is 5.97 Å². The van der Waals surface area contributed by atoms with Crippen LogP contribution in [0.3, 0.4) is 0 Å². The lowest BCUT2D eigenvalue weighted by atomic mass is 10.1. The zero-order valence-corrected chi connectivity index (χ0v) is 19.3. The van der Waals surface area contributed by atoms with Crippen molar-refractivity contribution in [2.75, 3.05) is 6.61 Å². The van der Waals surface area contributed by atoms with E-state index in [1.165, 1.54) is 63.5 Å². The SMILES string of the molecule is CC=CC(=O)OCCCCCCCCCCCC[Si](Br)(Br)Br. The predicted octanol–water partition coefficient (Wildman–Crippen LogP) is 7.13. The first-order valence-electron chi connectivity index (χ1n) is 8.32. The third-order valence-electron chi connectivity index (χ3n) is 3.40. The normalized spacial score (nSPS) is 12.0. The zero-order chi connectivity index (χ0) is 16.7. The molecular formula is C16H29Br3O2Si. The predicted molar refractivity (Wildman–Crippen MR) is 109 cm³/mol. The van der Waals surface area contributed by atoms with Gasteiger partial charge in [0.2, 0.25) is 0 Å². The van der Waals surface area contributed by atoms with Crippen LogP contribution < -0.4 is 0 Å². The number of esters is 1. The summed E-state index contributed by atoms with van der Waals surface area (Å²) in [5, 5.41) is 0. The number of hydrogen-bond donors (Lipinski definition) is 0. The Balaban J connectivity index is 3.13. The Hall–Kier alpha value is 0.867. The molecule has 0 rings (SSSR count). The van der Waals surface area contributed by atoms with Crippen LogP contribution in [0, 0.1) is 0 Å². The molecule has 0 unspecified atom stereocenters. The molecule has 0 heterocycles. The van der Waals surface area contributed by atoms with E-state index in [2.05, 4.69) is 45.9 Å². The Morgan fingerprint density at radius 1 is 0.864 bits per heavy atom. The summed E-state index contributed by atoms with van der Waals surface area (Å²) >= 11 is 11.0. The smallest absolute Gasteiger partial charge is 0.330 e. The van der Waals surface area contributed by atoms with Gasteiger partial charge in [0.25, 0.3) is 3.93 Å². The van der Waals surface area contributed by atoms with Gasteiger partial charge < -0.3 is 4.74 Å². The molecule has 0 N–H and O–H groups in total. The second-order valence-corrected chi connectivity index (χ2v) is 29.1. The van der Waals surface area contributed by atoms with E-state index >= 15 is 0 Å². The van der Waals surface area contributed by atoms with E-state index < -0.39 is 3.93 Å². The van der Waals surface area contributed by atoms with Crippen molar-refractivity contribution in [3.8, 4) is 0 Å². The first kappa shape index (κ1) is 22.9. The summed E-state index contributed by atoms with van der Waals surface area (Å²) in [6, 6.07) is 1.24. The van der Waals surface area contributed by atoms with Gasteiger partial charge in [-0.25, -0.2) is 4.79 Å². The van der Waals surface area contributed by atoms with Gasteiger partial charge in [-0.05, 0) is 19.4 Å². The molecule has 0 fully saturated rings. The summed E-state index contributed by atoms with van der Waals surface area (Å²) in [5.41, 5.74) is 0. The molecular weight excluding hydrogens is 492 g/mol. The van der Waals surface area contributed by atoms with Gasteiger partial charge in [0, 0.05) is 6.08 Å². The largest absolute Gasteiger partial charge is 0.463 e. The number of allylic oxidation sites excluding steroid dienone is 1. The van der Waals surface area contributed by atoms with Crippen molar-refractivity contribution in [1.82, 2.24) is 0 Å². The third kappa shape index (κ3) is 18.9. The summed E-state index contributed by atoms with van der Waals surface area (Å²) in [6.07, 6.45) is 16.0. The molecule has 0 bridgehead atoms. The molecule has 0 aromatic rings. The Morgan fingerprint density at radius 3 is 1.77 bits per heavy atom. The van der Waals surface area contributed by atoms with Crippen LogP contribution in [0.25, 0.3) is 0 Å². The van der Waals surface area contributed by atoms with E-state index in [0.717, 1.165) is 12.8 Å². The molecule has 0 aliphatic carbocycles. The molecule has 0 aliphatic rings. The highest BCUT2D eigenvalue weighted by Gasteiger charge is 2.20. The number of carbonyl (C=O) groups is 1. The van der Waals surface area contributed by atoms with Gasteiger partial charge in [-0.15, -0.1) is 0 Å². The Labute approximate surface area is 160 Å². The zero-order valence-electron chi connectivity index (χ0n) is 13.6. The van der Waals surface area contributed by atoms with E-state index in [0.29, 0.717) is 6.61 Å². The number of rotatable bonds is 14. The van der Waals surface area contributed by atoms with Crippen LogP contribution in [-0.2, 0) is 9.53 Å². The first-order valence-corrected chi connectivity index (χ1v) is 17.3. The van der Waals surface area contributed by atoms with Crippen LogP contribution in [0.4, 0.5) is 0 Å². The van der Waals surface area contributed by atoms with Crippen LogP contribution in [0.5, 0.6) is 0 Å². The lowest BCUT2D eigenvalue weighted by Gasteiger charge is -2.08. The third-order valence-corrected chi connectivity index (χ3v) is 7.89. The van der Waals surface area contributed by atoms with E-state index in [1.807, 2.05) is 6.92 Å². The Bertz CT molecular complexity index is 304. The van der Waals surface area contributed by atoms with Gasteiger partial charge in [-0.1, -0.05) is 110 Å². The van der Waals surface area contributed by atoms with Gasteiger partial charge in [0.1, 0.15) is 0 Å². The highest BCUT2D eigenvalue weighted by molar-refractivity contribution is 9.72. The minimum atomic E-state index is -1.36. The van der Waals surface area contributed by atoms with Crippen molar-refractivity contribution in [1.29, 1.82) is 0 Å². The average Bonchev–Trinajstić information content (AvgIpc) is 2.43. The monoisotopic (exact) mass is 518 g/mol. The summed E-state index contributed by atoms with van der Waals surface area (Å²) in [4.78, 5) is 11.1. The molecule has 0 spiro atoms. The fourth-order valence-corrected chi connectivity index (χ4v) is 5.37. The Kier molecular flexibility index (Phi) is 16.0. The van der Waals surface area contributed by atoms with Crippen LogP contribution in [0.1, 0.15) is 71.1 Å². The van der Waals surface area contributed by atoms with Crippen molar-refractivity contribution in [2.24, 2.45) is 0 Å². The van der Waals surface area contributed by atoms with Crippen molar-refractivity contribution in [3.05, 3.63) is 12.2 Å². The van der Waals surface area contributed by atoms with Crippen LogP contribution in [0.2, 0.25) is 6.04 Å². The lowest BCUT2D eigenvalue weighted by molar-refractivity contribution is -0.137. The molecule has 0 atom stereocenters. The summed E-state index contributed by atoms with van der Waals surface area (Å²) in [5.74, 6) is -0.220. The minimum Gasteiger partial charge on any atom is -0.463 e. The number of carbonyl (C=O) groups excluding carboxylic acids is 1. The highest BCUT2D eigenvalue weighted by atomic mass is 80.0. The van der Waals surface area contributed by atoms with E-state index in [-0.39, 0.29) is 5.97 Å². The highest BCUT2D eigenvalue weighted by Crippen LogP contribution is 2.33. The maximum Gasteiger partial charge on any atom is 0.330 e. The lowest BCUT2D eigenvalue weighted by Crippen LogP contribution is -2.04. The van der Waals surface area contributed by atoms with Crippen molar-refractivity contribution in [2.45, 2.75) is 77.2 Å². The topological polar surface area (TPSA) is 26.3 Å². The van der Waals surface area contributed by atoms with E-state index in [9.17, 15) is 4.79 Å². The van der Waals surface area contributed by atoms with Crippen molar-refractivity contribution < 1.29 is 9.53 Å². The van der Waals surface area contributed by atoms with Gasteiger partial charge in [0.15, 0.2) is 0 Å². The van der Waals surface area contributed by atoms with E-state index in [4.69, 9.17) is 4.74 Å². The van der Waals surface area contributed by atoms with Crippen molar-refractivity contribution >= 4 is 55.8 Å². The first-order chi connectivity index (χ1) is 10.5. The number of halogens is 3. The van der Waals surface area contributed by atoms with Crippen LogP contribution >= 0.6 is 45.9 Å². The molecule has 0 aromatic heterocycles. The molecule has 0 amide bonds. The van der Waals surface area contributed by atoms with Gasteiger partial charge in [0.05, 0.1) is 6.61 Å². The quantitative estimate of drug-likeness (QED) is 0.0800. The number of hydrogen-bond acceptors (Lipinski definition) is 2. The fraction of sp³-hybridized carbons (Fsp3) is 0.812. The molecule has 0 radical (unpaired) electrons. The molecule has 6 heteroatoms. The molecule has 0 aromatic carbocycles. The number of ether oxygens (including phenoxy) is 1. The molecule has 22 heavy (non-hydrogen) atoms. The second-order valence-electron chi connectivity index (χ2n) is 5.57. The molecule has 130 valence electrons. The maximum atomic E-state index is 11.1. The molecule has 0 saturated carbocycles. The summed E-state index contributed by atoms with van der Waals surface area (Å²) in [7, 11) is 0. The average molecular weight is 521 g/mol. The number of unbranched alkanes of at least 4 members (excludes halogenated alkanes) is 9. The summed E-state index contributed by atoms with van der Waals surface area (Å²) in [6.45, 7) is 2.38. The fourth-order valence-electron chi connectivity index (χ4n) is 2.20. The second kappa shape index (κ2) is 15.4. The molecule has 2 nitrogen and oxygen atoms in total. The van der Waals surface area contributed by atoms with Gasteiger partial charge in [-0.2, -0.15) is 0 Å². The van der Waals surface area contributed by atoms with Gasteiger partial charge in [-0.3, -0.25) is 0 Å². The maximum absolute atomic E-state index is 11.1. The Morgan fingerprint density at radius 2 is 1.32 bits per heavy atom. The molecule has 0 saturated heterocycles. The van der Waals surface area contributed by atoms with E-state index in [1.54, 1.807) is 6.08 Å².